The van der Waals surface area contributed by atoms with Crippen LogP contribution in [0.4, 0.5) is 5.13 Å². The maximum atomic E-state index is 12.4. The van der Waals surface area contributed by atoms with E-state index in [-0.39, 0.29) is 11.7 Å². The van der Waals surface area contributed by atoms with Crippen molar-refractivity contribution >= 4 is 44.2 Å². The number of nitrogens with one attached hydrogen (secondary N) is 1. The number of thiazole rings is 1. The fourth-order valence-corrected chi connectivity index (χ4v) is 3.64. The van der Waals surface area contributed by atoms with E-state index >= 15 is 0 Å². The second kappa shape index (κ2) is 6.59. The number of amides is 1. The number of aryl methyl sites for hydroxylation is 1. The second-order valence-electron chi connectivity index (χ2n) is 5.85. The van der Waals surface area contributed by atoms with Crippen LogP contribution in [0.1, 0.15) is 27.7 Å². The van der Waals surface area contributed by atoms with Crippen LogP contribution in [0.15, 0.2) is 40.8 Å². The Morgan fingerprint density at radius 1 is 1.27 bits per heavy atom. The summed E-state index contributed by atoms with van der Waals surface area (Å²) in [6.07, 6.45) is 0. The number of rotatable bonds is 4. The van der Waals surface area contributed by atoms with Crippen molar-refractivity contribution in [3.63, 3.8) is 0 Å². The Kier molecular flexibility index (Phi) is 4.26. The molecule has 132 valence electrons. The van der Waals surface area contributed by atoms with E-state index in [4.69, 9.17) is 16.0 Å². The normalized spacial score (nSPS) is 11.2. The van der Waals surface area contributed by atoms with Gasteiger partial charge in [-0.25, -0.2) is 4.98 Å². The highest BCUT2D eigenvalue weighted by molar-refractivity contribution is 7.22. The number of benzene rings is 1. The maximum absolute atomic E-state index is 12.4. The lowest BCUT2D eigenvalue weighted by Gasteiger charge is -2.02. The zero-order chi connectivity index (χ0) is 18.3. The number of furan rings is 1. The molecular formula is C18H15ClN4O2S. The number of nitrogens with zero attached hydrogens (tertiary/aromatic N) is 3. The van der Waals surface area contributed by atoms with Crippen molar-refractivity contribution < 1.29 is 9.21 Å². The van der Waals surface area contributed by atoms with Crippen molar-refractivity contribution in [1.29, 1.82) is 0 Å². The summed E-state index contributed by atoms with van der Waals surface area (Å²) in [6.45, 7) is 4.16. The zero-order valence-corrected chi connectivity index (χ0v) is 15.7. The lowest BCUT2D eigenvalue weighted by molar-refractivity contribution is 0.0994. The lowest BCUT2D eigenvalue weighted by Crippen LogP contribution is -2.10. The highest BCUT2D eigenvalue weighted by atomic mass is 35.5. The largest absolute Gasteiger partial charge is 0.454 e. The van der Waals surface area contributed by atoms with Crippen LogP contribution < -0.4 is 5.32 Å². The number of hydrogen-bond donors (Lipinski definition) is 1. The third-order valence-electron chi connectivity index (χ3n) is 4.00. The van der Waals surface area contributed by atoms with Gasteiger partial charge >= 0.3 is 0 Å². The molecule has 0 atom stereocenters. The van der Waals surface area contributed by atoms with E-state index in [0.717, 1.165) is 21.6 Å². The molecular weight excluding hydrogens is 372 g/mol. The number of carbonyl (C=O) groups excluding carboxylic acids is 1. The number of hydrogen-bond acceptors (Lipinski definition) is 5. The molecule has 0 saturated heterocycles. The van der Waals surface area contributed by atoms with E-state index < -0.39 is 0 Å². The van der Waals surface area contributed by atoms with E-state index in [9.17, 15) is 4.79 Å². The summed E-state index contributed by atoms with van der Waals surface area (Å²) in [6, 6.07) is 11.1. The number of para-hydroxylation sites is 1. The number of halogens is 1. The minimum atomic E-state index is -0.332. The first-order chi connectivity index (χ1) is 12.5. The Morgan fingerprint density at radius 3 is 2.81 bits per heavy atom. The van der Waals surface area contributed by atoms with Crippen LogP contribution in [0.25, 0.3) is 10.2 Å². The first kappa shape index (κ1) is 16.8. The molecule has 0 saturated carbocycles. The van der Waals surface area contributed by atoms with Gasteiger partial charge in [-0.2, -0.15) is 5.10 Å². The van der Waals surface area contributed by atoms with Crippen LogP contribution >= 0.6 is 22.9 Å². The van der Waals surface area contributed by atoms with Crippen LogP contribution in [0.3, 0.4) is 0 Å². The Hall–Kier alpha value is -2.64. The number of fused-ring (bicyclic) bond motifs is 1. The summed E-state index contributed by atoms with van der Waals surface area (Å²) in [5.74, 6) is 0.523. The van der Waals surface area contributed by atoms with Gasteiger partial charge in [-0.05, 0) is 38.1 Å². The molecule has 0 aliphatic heterocycles. The summed E-state index contributed by atoms with van der Waals surface area (Å²) in [5.41, 5.74) is 2.49. The molecule has 1 N–H and O–H groups in total. The molecule has 1 aromatic carbocycles. The molecule has 26 heavy (non-hydrogen) atoms. The van der Waals surface area contributed by atoms with Crippen molar-refractivity contribution in [2.75, 3.05) is 5.32 Å². The third-order valence-corrected chi connectivity index (χ3v) is 5.50. The van der Waals surface area contributed by atoms with Crippen molar-refractivity contribution in [1.82, 2.24) is 14.8 Å². The van der Waals surface area contributed by atoms with E-state index in [2.05, 4.69) is 15.4 Å². The molecule has 3 heterocycles. The number of aromatic nitrogens is 3. The van der Waals surface area contributed by atoms with Crippen LogP contribution in [0.5, 0.6) is 0 Å². The zero-order valence-electron chi connectivity index (χ0n) is 14.1. The molecule has 0 aliphatic rings. The van der Waals surface area contributed by atoms with Gasteiger partial charge in [0.1, 0.15) is 5.76 Å². The van der Waals surface area contributed by atoms with Gasteiger partial charge < -0.3 is 4.42 Å². The smallest absolute Gasteiger partial charge is 0.293 e. The van der Waals surface area contributed by atoms with Gasteiger partial charge in [-0.1, -0.05) is 35.1 Å². The predicted molar refractivity (Wildman–Crippen MR) is 102 cm³/mol. The van der Waals surface area contributed by atoms with Crippen LogP contribution in [0.2, 0.25) is 5.02 Å². The van der Waals surface area contributed by atoms with Gasteiger partial charge in [0.05, 0.1) is 33.2 Å². The second-order valence-corrected chi connectivity index (χ2v) is 7.26. The maximum Gasteiger partial charge on any atom is 0.293 e. The molecule has 4 rings (SSSR count). The van der Waals surface area contributed by atoms with Gasteiger partial charge in [0.25, 0.3) is 5.91 Å². The molecule has 0 unspecified atom stereocenters. The van der Waals surface area contributed by atoms with Crippen molar-refractivity contribution in [3.8, 4) is 0 Å². The fourth-order valence-electron chi connectivity index (χ4n) is 2.65. The first-order valence-corrected chi connectivity index (χ1v) is 9.16. The lowest BCUT2D eigenvalue weighted by atomic mass is 10.3. The monoisotopic (exact) mass is 386 g/mol. The van der Waals surface area contributed by atoms with E-state index in [1.807, 2.05) is 38.1 Å². The standard InChI is InChI=1S/C18H15ClN4O2S/c1-10-16(19)11(2)23(22-10)9-12-7-8-14(25-12)17(24)21-18-20-13-5-3-4-6-15(13)26-18/h3-8H,9H2,1-2H3,(H,20,21,24). The SMILES string of the molecule is Cc1nn(Cc2ccc(C(=O)Nc3nc4ccccc4s3)o2)c(C)c1Cl. The van der Waals surface area contributed by atoms with Gasteiger partial charge in [0.15, 0.2) is 10.9 Å². The van der Waals surface area contributed by atoms with Gasteiger partial charge in [-0.15, -0.1) is 0 Å². The third kappa shape index (κ3) is 3.11. The summed E-state index contributed by atoms with van der Waals surface area (Å²) in [4.78, 5) is 16.8. The van der Waals surface area contributed by atoms with Crippen LogP contribution in [0, 0.1) is 13.8 Å². The Morgan fingerprint density at radius 2 is 2.08 bits per heavy atom. The van der Waals surface area contributed by atoms with Crippen LogP contribution in [-0.2, 0) is 6.54 Å². The van der Waals surface area contributed by atoms with Gasteiger partial charge in [0.2, 0.25) is 0 Å². The first-order valence-electron chi connectivity index (χ1n) is 7.96. The van der Waals surface area contributed by atoms with Crippen molar-refractivity contribution in [2.45, 2.75) is 20.4 Å². The Labute approximate surface area is 158 Å². The predicted octanol–water partition coefficient (Wildman–Crippen LogP) is 4.66. The van der Waals surface area contributed by atoms with Gasteiger partial charge in [0, 0.05) is 0 Å². The summed E-state index contributed by atoms with van der Waals surface area (Å²) in [5, 5.41) is 8.33. The molecule has 1 amide bonds. The molecule has 0 aliphatic carbocycles. The van der Waals surface area contributed by atoms with E-state index in [0.29, 0.717) is 22.5 Å². The molecule has 8 heteroatoms. The summed E-state index contributed by atoms with van der Waals surface area (Å²) < 4.78 is 8.43. The average molecular weight is 387 g/mol. The molecule has 6 nitrogen and oxygen atoms in total. The molecule has 0 spiro atoms. The molecule has 3 aromatic heterocycles. The highest BCUT2D eigenvalue weighted by Crippen LogP contribution is 2.26. The summed E-state index contributed by atoms with van der Waals surface area (Å²) in [7, 11) is 0. The van der Waals surface area contributed by atoms with Crippen LogP contribution in [-0.4, -0.2) is 20.7 Å². The topological polar surface area (TPSA) is 73.0 Å². The highest BCUT2D eigenvalue weighted by Gasteiger charge is 2.16. The van der Waals surface area contributed by atoms with Gasteiger partial charge in [-0.3, -0.25) is 14.8 Å². The average Bonchev–Trinajstić information content (AvgIpc) is 3.30. The summed E-state index contributed by atoms with van der Waals surface area (Å²) >= 11 is 7.58. The number of anilines is 1. The van der Waals surface area contributed by atoms with E-state index in [1.54, 1.807) is 16.8 Å². The van der Waals surface area contributed by atoms with Crippen molar-refractivity contribution in [3.05, 3.63) is 64.3 Å². The minimum Gasteiger partial charge on any atom is -0.454 e. The van der Waals surface area contributed by atoms with Crippen molar-refractivity contribution in [2.24, 2.45) is 0 Å². The van der Waals surface area contributed by atoms with E-state index in [1.165, 1.54) is 11.3 Å². The molecule has 0 radical (unpaired) electrons. The molecule has 0 fully saturated rings. The Bertz CT molecular complexity index is 1080. The minimum absolute atomic E-state index is 0.229. The number of carbonyl (C=O) groups is 1. The quantitative estimate of drug-likeness (QED) is 0.553. The fraction of sp³-hybridized carbons (Fsp3) is 0.167. The Balaban J connectivity index is 1.49. The molecule has 0 bridgehead atoms. The molecule has 4 aromatic rings.